The van der Waals surface area contributed by atoms with E-state index in [0.29, 0.717) is 5.69 Å². The predicted octanol–water partition coefficient (Wildman–Crippen LogP) is -0.581. The van der Waals surface area contributed by atoms with Gasteiger partial charge in [-0.05, 0) is 13.8 Å². The monoisotopic (exact) mass is 195 g/mol. The van der Waals surface area contributed by atoms with Gasteiger partial charge in [0.2, 0.25) is 0 Å². The number of carboxylic acids is 1. The zero-order valence-electron chi connectivity index (χ0n) is 8.51. The van der Waals surface area contributed by atoms with Gasteiger partial charge in [0, 0.05) is 0 Å². The molecule has 0 aliphatic carbocycles. The number of aromatic amines is 1. The number of carboxylic acid groups (broad SMARTS) is 1. The molecule has 0 spiro atoms. The molecule has 0 bridgehead atoms. The molecule has 0 saturated heterocycles. The number of H-pyrrole nitrogens is 1. The highest BCUT2D eigenvalue weighted by molar-refractivity contribution is 5.67. The van der Waals surface area contributed by atoms with E-state index in [1.807, 2.05) is 13.8 Å². The summed E-state index contributed by atoms with van der Waals surface area (Å²) < 4.78 is 5.16. The number of aromatic nitrogens is 1. The second kappa shape index (κ2) is 4.09. The maximum absolute atomic E-state index is 10.4. The van der Waals surface area contributed by atoms with Crippen LogP contribution in [0.4, 0.5) is 0 Å². The minimum Gasteiger partial charge on any atom is -0.550 e. The number of aryl methyl sites for hydroxylation is 1. The standard InChI is InChI=1S/C10H13NO3/c1-6-5-11-8(4-9(12)13)7(2)10(6)14-3/h5H,4H2,1-3H3,(H,12,13). The first-order valence-electron chi connectivity index (χ1n) is 4.31. The molecule has 0 saturated carbocycles. The van der Waals surface area contributed by atoms with Gasteiger partial charge in [0.05, 0.1) is 30.6 Å². The maximum Gasteiger partial charge on any atom is 0.191 e. The van der Waals surface area contributed by atoms with Crippen LogP contribution in [0.25, 0.3) is 0 Å². The zero-order chi connectivity index (χ0) is 10.7. The van der Waals surface area contributed by atoms with Crippen molar-refractivity contribution in [2.45, 2.75) is 20.3 Å². The maximum atomic E-state index is 10.4. The van der Waals surface area contributed by atoms with Crippen LogP contribution < -0.4 is 14.8 Å². The first kappa shape index (κ1) is 10.5. The van der Waals surface area contributed by atoms with Crippen molar-refractivity contribution < 1.29 is 19.6 Å². The summed E-state index contributed by atoms with van der Waals surface area (Å²) in [6.07, 6.45) is 1.60. The van der Waals surface area contributed by atoms with Crippen LogP contribution in [-0.4, -0.2) is 13.1 Å². The van der Waals surface area contributed by atoms with E-state index in [4.69, 9.17) is 4.74 Å². The number of carbonyl (C=O) groups excluding carboxylic acids is 1. The topological polar surface area (TPSA) is 63.5 Å². The van der Waals surface area contributed by atoms with Crippen LogP contribution in [0.3, 0.4) is 0 Å². The van der Waals surface area contributed by atoms with Crippen molar-refractivity contribution in [3.8, 4) is 5.75 Å². The fourth-order valence-corrected chi connectivity index (χ4v) is 1.44. The van der Waals surface area contributed by atoms with Crippen LogP contribution in [0.1, 0.15) is 16.8 Å². The Bertz CT molecular complexity index is 361. The number of carbonyl (C=O) groups is 1. The summed E-state index contributed by atoms with van der Waals surface area (Å²) in [5, 5.41) is 10.4. The highest BCUT2D eigenvalue weighted by Crippen LogP contribution is 2.22. The Labute approximate surface area is 82.5 Å². The van der Waals surface area contributed by atoms with Gasteiger partial charge in [-0.2, -0.15) is 0 Å². The van der Waals surface area contributed by atoms with Crippen LogP contribution in [0, 0.1) is 13.8 Å². The summed E-state index contributed by atoms with van der Waals surface area (Å²) in [4.78, 5) is 13.3. The van der Waals surface area contributed by atoms with Gasteiger partial charge in [-0.15, -0.1) is 0 Å². The molecule has 0 atom stereocenters. The van der Waals surface area contributed by atoms with Gasteiger partial charge in [0.25, 0.3) is 0 Å². The van der Waals surface area contributed by atoms with Gasteiger partial charge in [-0.25, -0.2) is 4.98 Å². The van der Waals surface area contributed by atoms with Gasteiger partial charge in [-0.3, -0.25) is 0 Å². The summed E-state index contributed by atoms with van der Waals surface area (Å²) in [5.41, 5.74) is 2.39. The summed E-state index contributed by atoms with van der Waals surface area (Å²) in [5.74, 6) is -0.379. The Morgan fingerprint density at radius 1 is 1.57 bits per heavy atom. The molecule has 0 amide bonds. The molecule has 4 heteroatoms. The van der Waals surface area contributed by atoms with Gasteiger partial charge < -0.3 is 14.6 Å². The van der Waals surface area contributed by atoms with E-state index in [1.54, 1.807) is 13.3 Å². The van der Waals surface area contributed by atoms with Crippen molar-refractivity contribution in [1.82, 2.24) is 0 Å². The van der Waals surface area contributed by atoms with Gasteiger partial charge in [0.1, 0.15) is 5.75 Å². The minimum atomic E-state index is -1.10. The van der Waals surface area contributed by atoms with E-state index >= 15 is 0 Å². The average Bonchev–Trinajstić information content (AvgIpc) is 2.10. The van der Waals surface area contributed by atoms with Crippen molar-refractivity contribution in [3.05, 3.63) is 23.0 Å². The molecule has 0 aromatic carbocycles. The first-order chi connectivity index (χ1) is 6.56. The number of hydrogen-bond acceptors (Lipinski definition) is 3. The molecule has 1 N–H and O–H groups in total. The third-order valence-corrected chi connectivity index (χ3v) is 2.14. The Hall–Kier alpha value is -1.58. The first-order valence-corrected chi connectivity index (χ1v) is 4.31. The summed E-state index contributed by atoms with van der Waals surface area (Å²) in [7, 11) is 1.57. The number of hydrogen-bond donors (Lipinski definition) is 0. The number of aliphatic carboxylic acids is 1. The molecule has 14 heavy (non-hydrogen) atoms. The van der Waals surface area contributed by atoms with Crippen molar-refractivity contribution in [2.75, 3.05) is 7.11 Å². The van der Waals surface area contributed by atoms with E-state index in [0.717, 1.165) is 16.9 Å². The SMILES string of the molecule is COc1c(C)c[nH+]c(CC(=O)[O-])c1C. The molecule has 1 heterocycles. The second-order valence-electron chi connectivity index (χ2n) is 3.16. The van der Waals surface area contributed by atoms with E-state index in [-0.39, 0.29) is 6.42 Å². The highest BCUT2D eigenvalue weighted by Gasteiger charge is 2.14. The molecule has 4 nitrogen and oxygen atoms in total. The molecule has 0 aliphatic rings. The summed E-state index contributed by atoms with van der Waals surface area (Å²) in [6.45, 7) is 3.71. The van der Waals surface area contributed by atoms with E-state index in [1.165, 1.54) is 0 Å². The highest BCUT2D eigenvalue weighted by atomic mass is 16.5. The quantitative estimate of drug-likeness (QED) is 0.648. The van der Waals surface area contributed by atoms with Crippen LogP contribution in [0.15, 0.2) is 6.20 Å². The third-order valence-electron chi connectivity index (χ3n) is 2.14. The van der Waals surface area contributed by atoms with Gasteiger partial charge in [-0.1, -0.05) is 0 Å². The number of rotatable bonds is 3. The van der Waals surface area contributed by atoms with Crippen molar-refractivity contribution >= 4 is 5.97 Å². The lowest BCUT2D eigenvalue weighted by atomic mass is 10.1. The average molecular weight is 195 g/mol. The Morgan fingerprint density at radius 3 is 2.71 bits per heavy atom. The predicted molar refractivity (Wildman–Crippen MR) is 47.7 cm³/mol. The van der Waals surface area contributed by atoms with Crippen LogP contribution >= 0.6 is 0 Å². The molecular weight excluding hydrogens is 182 g/mol. The molecular formula is C10H13NO3. The molecule has 1 rings (SSSR count). The number of nitrogens with one attached hydrogen (secondary N) is 1. The van der Waals surface area contributed by atoms with E-state index in [9.17, 15) is 9.90 Å². The minimum absolute atomic E-state index is 0.123. The molecule has 0 radical (unpaired) electrons. The van der Waals surface area contributed by atoms with Crippen molar-refractivity contribution in [2.24, 2.45) is 0 Å². The Morgan fingerprint density at radius 2 is 2.21 bits per heavy atom. The fourth-order valence-electron chi connectivity index (χ4n) is 1.44. The van der Waals surface area contributed by atoms with Crippen molar-refractivity contribution in [1.29, 1.82) is 0 Å². The Kier molecular flexibility index (Phi) is 3.06. The lowest BCUT2D eigenvalue weighted by molar-refractivity contribution is -0.393. The molecule has 1 aromatic rings. The normalized spacial score (nSPS) is 9.93. The summed E-state index contributed by atoms with van der Waals surface area (Å²) >= 11 is 0. The molecule has 76 valence electrons. The number of pyridine rings is 1. The van der Waals surface area contributed by atoms with E-state index in [2.05, 4.69) is 4.98 Å². The van der Waals surface area contributed by atoms with Gasteiger partial charge >= 0.3 is 0 Å². The second-order valence-corrected chi connectivity index (χ2v) is 3.16. The molecule has 1 aromatic heterocycles. The number of methoxy groups -OCH3 is 1. The smallest absolute Gasteiger partial charge is 0.191 e. The zero-order valence-corrected chi connectivity index (χ0v) is 8.51. The number of ether oxygens (including phenoxy) is 1. The Balaban J connectivity index is 3.14. The lowest BCUT2D eigenvalue weighted by Gasteiger charge is -2.08. The molecule has 0 unspecified atom stereocenters. The third kappa shape index (κ3) is 2.02. The largest absolute Gasteiger partial charge is 0.550 e. The fraction of sp³-hybridized carbons (Fsp3) is 0.400. The van der Waals surface area contributed by atoms with Crippen LogP contribution in [-0.2, 0) is 11.2 Å². The van der Waals surface area contributed by atoms with Crippen LogP contribution in [0.2, 0.25) is 0 Å². The van der Waals surface area contributed by atoms with Gasteiger partial charge in [0.15, 0.2) is 11.9 Å². The summed E-state index contributed by atoms with van der Waals surface area (Å²) in [6, 6.07) is 0. The molecule has 0 aliphatic heterocycles. The molecule has 0 fully saturated rings. The van der Waals surface area contributed by atoms with Crippen molar-refractivity contribution in [3.63, 3.8) is 0 Å². The lowest BCUT2D eigenvalue weighted by Crippen LogP contribution is -2.28. The van der Waals surface area contributed by atoms with Crippen LogP contribution in [0.5, 0.6) is 5.75 Å². The van der Waals surface area contributed by atoms with E-state index < -0.39 is 5.97 Å².